The Hall–Kier alpha value is -1.49. The molecule has 0 unspecified atom stereocenters. The molecule has 1 rings (SSSR count). The first kappa shape index (κ1) is 10.6. The first-order chi connectivity index (χ1) is 6.66. The maximum Gasteiger partial charge on any atom is 0.281 e. The molecule has 0 radical (unpaired) electrons. The van der Waals surface area contributed by atoms with Gasteiger partial charge in [0.05, 0.1) is 12.2 Å². The Morgan fingerprint density at radius 3 is 3.00 bits per heavy atom. The number of nitrogens with zero attached hydrogens (tertiary/aromatic N) is 2. The molecule has 0 atom stereocenters. The van der Waals surface area contributed by atoms with E-state index >= 15 is 0 Å². The van der Waals surface area contributed by atoms with Crippen molar-refractivity contribution < 1.29 is 14.0 Å². The predicted molar refractivity (Wildman–Crippen MR) is 47.9 cm³/mol. The Kier molecular flexibility index (Phi) is 3.53. The van der Waals surface area contributed by atoms with Gasteiger partial charge in [0.25, 0.3) is 5.91 Å². The van der Waals surface area contributed by atoms with Crippen molar-refractivity contribution in [2.24, 2.45) is 0 Å². The van der Waals surface area contributed by atoms with Crippen LogP contribution in [0.15, 0.2) is 18.3 Å². The van der Waals surface area contributed by atoms with E-state index in [2.05, 4.69) is 4.98 Å². The van der Waals surface area contributed by atoms with E-state index in [-0.39, 0.29) is 5.56 Å². The summed E-state index contributed by atoms with van der Waals surface area (Å²) >= 11 is 0. The first-order valence-electron chi connectivity index (χ1n) is 4.18. The molecule has 0 N–H and O–H groups in total. The summed E-state index contributed by atoms with van der Waals surface area (Å²) in [7, 11) is 1.43. The van der Waals surface area contributed by atoms with Crippen LogP contribution in [0.5, 0.6) is 0 Å². The van der Waals surface area contributed by atoms with E-state index < -0.39 is 11.9 Å². The summed E-state index contributed by atoms with van der Waals surface area (Å²) in [5.74, 6) is -1.33. The Morgan fingerprint density at radius 1 is 1.71 bits per heavy atom. The fourth-order valence-electron chi connectivity index (χ4n) is 0.967. The Bertz CT molecular complexity index is 330. The quantitative estimate of drug-likeness (QED) is 0.542. The fraction of sp³-hybridized carbons (Fsp3) is 0.333. The van der Waals surface area contributed by atoms with Gasteiger partial charge in [0.15, 0.2) is 0 Å². The van der Waals surface area contributed by atoms with Crippen molar-refractivity contribution in [3.05, 3.63) is 29.8 Å². The van der Waals surface area contributed by atoms with Crippen LogP contribution in [0.2, 0.25) is 0 Å². The van der Waals surface area contributed by atoms with Crippen LogP contribution >= 0.6 is 0 Å². The molecular formula is C9H11FN2O2. The van der Waals surface area contributed by atoms with Crippen LogP contribution in [0.25, 0.3) is 0 Å². The molecule has 1 aromatic rings. The number of amides is 1. The lowest BCUT2D eigenvalue weighted by molar-refractivity contribution is -0.100. The number of carbonyl (C=O) groups excluding carboxylic acids is 1. The molecule has 5 heteroatoms. The van der Waals surface area contributed by atoms with Crippen molar-refractivity contribution in [3.63, 3.8) is 0 Å². The highest BCUT2D eigenvalue weighted by atomic mass is 19.1. The molecule has 4 nitrogen and oxygen atoms in total. The number of halogens is 1. The van der Waals surface area contributed by atoms with Gasteiger partial charge in [-0.05, 0) is 19.1 Å². The fourth-order valence-corrected chi connectivity index (χ4v) is 0.967. The van der Waals surface area contributed by atoms with Gasteiger partial charge >= 0.3 is 0 Å². The van der Waals surface area contributed by atoms with Crippen LogP contribution in [0.1, 0.15) is 17.3 Å². The highest BCUT2D eigenvalue weighted by molar-refractivity contribution is 5.93. The van der Waals surface area contributed by atoms with E-state index in [1.807, 2.05) is 0 Å². The normalized spacial score (nSPS) is 9.93. The molecule has 0 saturated carbocycles. The van der Waals surface area contributed by atoms with Crippen LogP contribution in [0.3, 0.4) is 0 Å². The average Bonchev–Trinajstić information content (AvgIpc) is 2.18. The minimum atomic E-state index is -0.788. The summed E-state index contributed by atoms with van der Waals surface area (Å²) in [5.41, 5.74) is -0.0940. The number of aromatic nitrogens is 1. The zero-order valence-corrected chi connectivity index (χ0v) is 8.03. The molecule has 76 valence electrons. The van der Waals surface area contributed by atoms with E-state index in [1.54, 1.807) is 6.92 Å². The molecule has 0 spiro atoms. The van der Waals surface area contributed by atoms with Crippen LogP contribution in [-0.4, -0.2) is 29.6 Å². The van der Waals surface area contributed by atoms with Crippen molar-refractivity contribution in [1.82, 2.24) is 10.0 Å². The maximum absolute atomic E-state index is 13.0. The van der Waals surface area contributed by atoms with Gasteiger partial charge in [-0.3, -0.25) is 9.63 Å². The van der Waals surface area contributed by atoms with Crippen molar-refractivity contribution in [3.8, 4) is 0 Å². The number of hydroxylamine groups is 2. The summed E-state index contributed by atoms with van der Waals surface area (Å²) in [5, 5.41) is 0.986. The molecule has 0 aromatic carbocycles. The summed E-state index contributed by atoms with van der Waals surface area (Å²) < 4.78 is 13.0. The number of hydrogen-bond donors (Lipinski definition) is 0. The summed E-state index contributed by atoms with van der Waals surface area (Å²) in [6.45, 7) is 2.09. The van der Waals surface area contributed by atoms with E-state index in [4.69, 9.17) is 4.84 Å². The highest BCUT2D eigenvalue weighted by Gasteiger charge is 2.16. The Morgan fingerprint density at radius 2 is 2.43 bits per heavy atom. The van der Waals surface area contributed by atoms with Gasteiger partial charge in [-0.15, -0.1) is 0 Å². The van der Waals surface area contributed by atoms with Crippen LogP contribution in [-0.2, 0) is 4.84 Å². The molecule has 1 aromatic heterocycles. The average molecular weight is 198 g/mol. The SMILES string of the molecule is CCON(C)C(=O)c1cccnc1F. The highest BCUT2D eigenvalue weighted by Crippen LogP contribution is 2.06. The third-order valence-corrected chi connectivity index (χ3v) is 1.60. The van der Waals surface area contributed by atoms with E-state index in [0.717, 1.165) is 5.06 Å². The van der Waals surface area contributed by atoms with E-state index in [9.17, 15) is 9.18 Å². The second-order valence-corrected chi connectivity index (χ2v) is 2.56. The molecule has 0 bridgehead atoms. The summed E-state index contributed by atoms with van der Waals surface area (Å²) in [4.78, 5) is 19.8. The molecule has 1 amide bonds. The molecule has 0 saturated heterocycles. The Balaban J connectivity index is 2.84. The smallest absolute Gasteiger partial charge is 0.271 e. The predicted octanol–water partition coefficient (Wildman–Crippen LogP) is 1.24. The first-order valence-corrected chi connectivity index (χ1v) is 4.18. The topological polar surface area (TPSA) is 42.4 Å². The summed E-state index contributed by atoms with van der Waals surface area (Å²) in [6, 6.07) is 2.86. The number of pyridine rings is 1. The Labute approximate surface area is 81.3 Å². The lowest BCUT2D eigenvalue weighted by Gasteiger charge is -2.15. The van der Waals surface area contributed by atoms with Crippen LogP contribution < -0.4 is 0 Å². The minimum absolute atomic E-state index is 0.0940. The molecule has 1 heterocycles. The van der Waals surface area contributed by atoms with Crippen molar-refractivity contribution in [1.29, 1.82) is 0 Å². The van der Waals surface area contributed by atoms with Gasteiger partial charge in [-0.2, -0.15) is 4.39 Å². The third-order valence-electron chi connectivity index (χ3n) is 1.60. The second kappa shape index (κ2) is 4.66. The van der Waals surface area contributed by atoms with Crippen LogP contribution in [0.4, 0.5) is 4.39 Å². The number of hydrogen-bond acceptors (Lipinski definition) is 3. The standard InChI is InChI=1S/C9H11FN2O2/c1-3-14-12(2)9(13)7-5-4-6-11-8(7)10/h4-6H,3H2,1-2H3. The van der Waals surface area contributed by atoms with Gasteiger partial charge in [0.2, 0.25) is 5.95 Å². The van der Waals surface area contributed by atoms with Crippen molar-refractivity contribution in [2.45, 2.75) is 6.92 Å². The monoisotopic (exact) mass is 198 g/mol. The van der Waals surface area contributed by atoms with Gasteiger partial charge in [0, 0.05) is 13.2 Å². The van der Waals surface area contributed by atoms with Gasteiger partial charge in [-0.1, -0.05) is 0 Å². The number of carbonyl (C=O) groups is 1. The van der Waals surface area contributed by atoms with Gasteiger partial charge < -0.3 is 0 Å². The zero-order valence-electron chi connectivity index (χ0n) is 8.03. The molecule has 0 fully saturated rings. The van der Waals surface area contributed by atoms with Crippen LogP contribution in [0, 0.1) is 5.95 Å². The number of rotatable bonds is 3. The third kappa shape index (κ3) is 2.26. The van der Waals surface area contributed by atoms with Crippen molar-refractivity contribution >= 4 is 5.91 Å². The molecule has 0 aliphatic rings. The molecule has 0 aliphatic heterocycles. The molecule has 0 aliphatic carbocycles. The minimum Gasteiger partial charge on any atom is -0.271 e. The lowest BCUT2D eigenvalue weighted by atomic mass is 10.2. The zero-order chi connectivity index (χ0) is 10.6. The van der Waals surface area contributed by atoms with Crippen molar-refractivity contribution in [2.75, 3.05) is 13.7 Å². The van der Waals surface area contributed by atoms with E-state index in [1.165, 1.54) is 25.4 Å². The second-order valence-electron chi connectivity index (χ2n) is 2.56. The lowest BCUT2D eigenvalue weighted by Crippen LogP contribution is -2.27. The summed E-state index contributed by atoms with van der Waals surface area (Å²) in [6.07, 6.45) is 1.28. The van der Waals surface area contributed by atoms with Gasteiger partial charge in [-0.25, -0.2) is 10.0 Å². The van der Waals surface area contributed by atoms with Gasteiger partial charge in [0.1, 0.15) is 0 Å². The maximum atomic E-state index is 13.0. The van der Waals surface area contributed by atoms with E-state index in [0.29, 0.717) is 6.61 Å². The molecule has 14 heavy (non-hydrogen) atoms. The largest absolute Gasteiger partial charge is 0.281 e. The molecular weight excluding hydrogens is 187 g/mol.